The third-order valence-corrected chi connectivity index (χ3v) is 4.96. The van der Waals surface area contributed by atoms with Crippen molar-refractivity contribution in [2.24, 2.45) is 0 Å². The van der Waals surface area contributed by atoms with Gasteiger partial charge in [-0.25, -0.2) is 0 Å². The minimum absolute atomic E-state index is 0.0180. The predicted octanol–water partition coefficient (Wildman–Crippen LogP) is 4.50. The minimum Gasteiger partial charge on any atom is -0.341 e. The van der Waals surface area contributed by atoms with Gasteiger partial charge in [-0.1, -0.05) is 41.9 Å². The summed E-state index contributed by atoms with van der Waals surface area (Å²) in [5.41, 5.74) is 2.89. The number of carbonyl (C=O) groups excluding carboxylic acids is 2. The molecule has 130 valence electrons. The van der Waals surface area contributed by atoms with Crippen molar-refractivity contribution in [2.75, 3.05) is 5.32 Å². The number of amides is 1. The highest BCUT2D eigenvalue weighted by atomic mass is 35.5. The van der Waals surface area contributed by atoms with Crippen LogP contribution in [0.4, 0.5) is 5.69 Å². The van der Waals surface area contributed by atoms with Crippen LogP contribution in [0.25, 0.3) is 0 Å². The molecule has 3 aromatic rings. The van der Waals surface area contributed by atoms with Crippen LogP contribution < -0.4 is 5.32 Å². The van der Waals surface area contributed by atoms with Crippen molar-refractivity contribution in [3.63, 3.8) is 0 Å². The molecule has 0 saturated carbocycles. The summed E-state index contributed by atoms with van der Waals surface area (Å²) in [5, 5.41) is 3.55. The van der Waals surface area contributed by atoms with Crippen LogP contribution in [-0.4, -0.2) is 16.3 Å². The second-order valence-corrected chi connectivity index (χ2v) is 6.76. The molecule has 2 heterocycles. The lowest BCUT2D eigenvalue weighted by molar-refractivity contribution is -0.117. The second-order valence-electron chi connectivity index (χ2n) is 6.33. The summed E-state index contributed by atoms with van der Waals surface area (Å²) >= 11 is 5.88. The third-order valence-electron chi connectivity index (χ3n) is 4.71. The molecule has 1 N–H and O–H groups in total. The molecule has 0 spiro atoms. The molecule has 0 bridgehead atoms. The highest BCUT2D eigenvalue weighted by Gasteiger charge is 2.31. The van der Waals surface area contributed by atoms with Crippen LogP contribution in [-0.2, 0) is 11.3 Å². The molecule has 0 radical (unpaired) electrons. The van der Waals surface area contributed by atoms with Crippen LogP contribution in [0.15, 0.2) is 66.7 Å². The van der Waals surface area contributed by atoms with Gasteiger partial charge < -0.3 is 9.88 Å². The van der Waals surface area contributed by atoms with Crippen molar-refractivity contribution in [2.45, 2.75) is 18.9 Å². The topological polar surface area (TPSA) is 51.1 Å². The predicted molar refractivity (Wildman–Crippen MR) is 102 cm³/mol. The fraction of sp³-hybridized carbons (Fsp3) is 0.143. The SMILES string of the molecule is O=C(c1ccccc1)c1ccc2n1CC[C@@H]2C(=O)Nc1ccc(Cl)cc1. The van der Waals surface area contributed by atoms with E-state index in [2.05, 4.69) is 5.32 Å². The molecular formula is C21H17ClN2O2. The first-order valence-corrected chi connectivity index (χ1v) is 8.87. The van der Waals surface area contributed by atoms with Crippen molar-refractivity contribution >= 4 is 29.0 Å². The number of hydrogen-bond donors (Lipinski definition) is 1. The first-order valence-electron chi connectivity index (χ1n) is 8.49. The van der Waals surface area contributed by atoms with Crippen molar-refractivity contribution in [3.8, 4) is 0 Å². The van der Waals surface area contributed by atoms with E-state index in [1.165, 1.54) is 0 Å². The van der Waals surface area contributed by atoms with E-state index in [1.807, 2.05) is 47.0 Å². The molecule has 1 aliphatic heterocycles. The van der Waals surface area contributed by atoms with Crippen molar-refractivity contribution in [1.29, 1.82) is 0 Å². The highest BCUT2D eigenvalue weighted by Crippen LogP contribution is 2.32. The molecule has 0 aliphatic carbocycles. The lowest BCUT2D eigenvalue weighted by Crippen LogP contribution is -2.19. The Bertz CT molecular complexity index is 961. The maximum atomic E-state index is 12.7. The smallest absolute Gasteiger partial charge is 0.233 e. The zero-order valence-corrected chi connectivity index (χ0v) is 14.7. The number of benzene rings is 2. The Balaban J connectivity index is 1.55. The van der Waals surface area contributed by atoms with E-state index in [4.69, 9.17) is 11.6 Å². The van der Waals surface area contributed by atoms with E-state index in [9.17, 15) is 9.59 Å². The molecule has 0 saturated heterocycles. The maximum absolute atomic E-state index is 12.7. The van der Waals surface area contributed by atoms with Gasteiger partial charge in [-0.15, -0.1) is 0 Å². The second kappa shape index (κ2) is 6.81. The number of nitrogens with one attached hydrogen (secondary N) is 1. The van der Waals surface area contributed by atoms with E-state index in [0.29, 0.717) is 34.9 Å². The molecule has 2 aromatic carbocycles. The molecule has 1 atom stereocenters. The maximum Gasteiger partial charge on any atom is 0.233 e. The number of anilines is 1. The number of aromatic nitrogens is 1. The van der Waals surface area contributed by atoms with Crippen molar-refractivity contribution in [1.82, 2.24) is 4.57 Å². The summed E-state index contributed by atoms with van der Waals surface area (Å²) in [5.74, 6) is -0.346. The Morgan fingerprint density at radius 2 is 1.69 bits per heavy atom. The molecule has 1 amide bonds. The monoisotopic (exact) mass is 364 g/mol. The van der Waals surface area contributed by atoms with Crippen molar-refractivity contribution < 1.29 is 9.59 Å². The number of halogens is 1. The van der Waals surface area contributed by atoms with Crippen LogP contribution in [0, 0.1) is 0 Å². The normalized spacial score (nSPS) is 15.5. The number of hydrogen-bond acceptors (Lipinski definition) is 2. The Hall–Kier alpha value is -2.85. The van der Waals surface area contributed by atoms with Crippen LogP contribution in [0.5, 0.6) is 0 Å². The van der Waals surface area contributed by atoms with Gasteiger partial charge in [0.25, 0.3) is 0 Å². The molecule has 5 heteroatoms. The first-order chi connectivity index (χ1) is 12.6. The van der Waals surface area contributed by atoms with Crippen LogP contribution in [0.2, 0.25) is 5.02 Å². The average molecular weight is 365 g/mol. The Labute approximate surface area is 156 Å². The van der Waals surface area contributed by atoms with E-state index < -0.39 is 0 Å². The van der Waals surface area contributed by atoms with E-state index in [-0.39, 0.29) is 17.6 Å². The van der Waals surface area contributed by atoms with Gasteiger partial charge in [0.1, 0.15) is 0 Å². The van der Waals surface area contributed by atoms with E-state index in [1.54, 1.807) is 24.3 Å². The minimum atomic E-state index is -0.261. The zero-order valence-electron chi connectivity index (χ0n) is 14.0. The summed E-state index contributed by atoms with van der Waals surface area (Å²) in [6.07, 6.45) is 0.685. The van der Waals surface area contributed by atoms with Crippen LogP contribution >= 0.6 is 11.6 Å². The zero-order chi connectivity index (χ0) is 18.1. The number of ketones is 1. The van der Waals surface area contributed by atoms with Gasteiger partial charge in [-0.3, -0.25) is 9.59 Å². The Morgan fingerprint density at radius 1 is 0.962 bits per heavy atom. The van der Waals surface area contributed by atoms with Crippen molar-refractivity contribution in [3.05, 3.63) is 88.7 Å². The molecule has 0 fully saturated rings. The number of fused-ring (bicyclic) bond motifs is 1. The number of rotatable bonds is 4. The molecule has 1 aromatic heterocycles. The fourth-order valence-electron chi connectivity index (χ4n) is 3.41. The molecule has 26 heavy (non-hydrogen) atoms. The summed E-state index contributed by atoms with van der Waals surface area (Å²) < 4.78 is 1.96. The largest absolute Gasteiger partial charge is 0.341 e. The van der Waals surface area contributed by atoms with Gasteiger partial charge in [0, 0.05) is 28.5 Å². The summed E-state index contributed by atoms with van der Waals surface area (Å²) in [7, 11) is 0. The number of nitrogens with zero attached hydrogens (tertiary/aromatic N) is 1. The highest BCUT2D eigenvalue weighted by molar-refractivity contribution is 6.30. The lowest BCUT2D eigenvalue weighted by Gasteiger charge is -2.11. The van der Waals surface area contributed by atoms with E-state index >= 15 is 0 Å². The molecule has 0 unspecified atom stereocenters. The lowest BCUT2D eigenvalue weighted by atomic mass is 10.0. The standard InChI is InChI=1S/C21H17ClN2O2/c22-15-6-8-16(9-7-15)23-21(26)17-12-13-24-18(17)10-11-19(24)20(25)14-4-2-1-3-5-14/h1-11,17H,12-13H2,(H,23,26)/t17-/m0/s1. The summed E-state index contributed by atoms with van der Waals surface area (Å²) in [4.78, 5) is 25.4. The van der Waals surface area contributed by atoms with Gasteiger partial charge in [0.2, 0.25) is 11.7 Å². The van der Waals surface area contributed by atoms with Gasteiger partial charge in [-0.05, 0) is 42.8 Å². The average Bonchev–Trinajstić information content (AvgIpc) is 3.26. The molecule has 1 aliphatic rings. The van der Waals surface area contributed by atoms with Gasteiger partial charge in [0.15, 0.2) is 0 Å². The third kappa shape index (κ3) is 3.04. The molecule has 4 nitrogen and oxygen atoms in total. The fourth-order valence-corrected chi connectivity index (χ4v) is 3.53. The van der Waals surface area contributed by atoms with Gasteiger partial charge in [-0.2, -0.15) is 0 Å². The Kier molecular flexibility index (Phi) is 4.35. The first kappa shape index (κ1) is 16.6. The van der Waals surface area contributed by atoms with Gasteiger partial charge >= 0.3 is 0 Å². The van der Waals surface area contributed by atoms with E-state index in [0.717, 1.165) is 5.69 Å². The Morgan fingerprint density at radius 3 is 2.42 bits per heavy atom. The van der Waals surface area contributed by atoms with Crippen LogP contribution in [0.1, 0.15) is 34.1 Å². The van der Waals surface area contributed by atoms with Gasteiger partial charge in [0.05, 0.1) is 11.6 Å². The number of carbonyl (C=O) groups is 2. The summed E-state index contributed by atoms with van der Waals surface area (Å²) in [6, 6.07) is 19.9. The molecule has 4 rings (SSSR count). The summed E-state index contributed by atoms with van der Waals surface area (Å²) in [6.45, 7) is 0.662. The quantitative estimate of drug-likeness (QED) is 0.693. The molecular weight excluding hydrogens is 348 g/mol. The van der Waals surface area contributed by atoms with Crippen LogP contribution in [0.3, 0.4) is 0 Å².